The summed E-state index contributed by atoms with van der Waals surface area (Å²) in [6, 6.07) is 10.4. The molecule has 5 heteroatoms. The van der Waals surface area contributed by atoms with Crippen molar-refractivity contribution in [3.05, 3.63) is 62.9 Å². The SMILES string of the molecule is CC(=O)Oc1ccc(-c2coc3c(Br)c(C)ccc3c2=O)cc1. The molecule has 3 aromatic rings. The second-order valence-electron chi connectivity index (χ2n) is 5.17. The van der Waals surface area contributed by atoms with Crippen LogP contribution in [-0.4, -0.2) is 5.97 Å². The number of fused-ring (bicyclic) bond motifs is 1. The van der Waals surface area contributed by atoms with Gasteiger partial charge in [-0.2, -0.15) is 0 Å². The summed E-state index contributed by atoms with van der Waals surface area (Å²) in [6.45, 7) is 3.27. The molecule has 1 aromatic heterocycles. The number of carbonyl (C=O) groups is 1. The molecule has 0 unspecified atom stereocenters. The molecule has 23 heavy (non-hydrogen) atoms. The third-order valence-corrected chi connectivity index (χ3v) is 4.49. The van der Waals surface area contributed by atoms with E-state index in [9.17, 15) is 9.59 Å². The first kappa shape index (κ1) is 15.5. The second kappa shape index (κ2) is 6.01. The molecule has 116 valence electrons. The Hall–Kier alpha value is -2.40. The largest absolute Gasteiger partial charge is 0.462 e. The summed E-state index contributed by atoms with van der Waals surface area (Å²) in [5.74, 6) is 0.0491. The lowest BCUT2D eigenvalue weighted by Crippen LogP contribution is -2.05. The van der Waals surface area contributed by atoms with Gasteiger partial charge in [0.25, 0.3) is 0 Å². The monoisotopic (exact) mass is 372 g/mol. The Kier molecular flexibility index (Phi) is 4.05. The molecule has 0 amide bonds. The van der Waals surface area contributed by atoms with E-state index in [2.05, 4.69) is 15.9 Å². The Bertz CT molecular complexity index is 955. The van der Waals surface area contributed by atoms with Gasteiger partial charge in [-0.05, 0) is 52.2 Å². The summed E-state index contributed by atoms with van der Waals surface area (Å²) in [5, 5.41) is 0.518. The summed E-state index contributed by atoms with van der Waals surface area (Å²) in [6.07, 6.45) is 1.45. The van der Waals surface area contributed by atoms with Crippen molar-refractivity contribution in [2.75, 3.05) is 0 Å². The number of benzene rings is 2. The van der Waals surface area contributed by atoms with E-state index in [1.165, 1.54) is 13.2 Å². The minimum Gasteiger partial charge on any atom is -0.462 e. The maximum Gasteiger partial charge on any atom is 0.308 e. The maximum absolute atomic E-state index is 12.7. The van der Waals surface area contributed by atoms with Gasteiger partial charge in [-0.25, -0.2) is 0 Å². The van der Waals surface area contributed by atoms with Gasteiger partial charge in [-0.15, -0.1) is 0 Å². The molecule has 3 rings (SSSR count). The van der Waals surface area contributed by atoms with Gasteiger partial charge in [0.15, 0.2) is 5.58 Å². The van der Waals surface area contributed by atoms with Gasteiger partial charge in [-0.3, -0.25) is 9.59 Å². The van der Waals surface area contributed by atoms with E-state index in [4.69, 9.17) is 9.15 Å². The highest BCUT2D eigenvalue weighted by atomic mass is 79.9. The van der Waals surface area contributed by atoms with E-state index in [0.717, 1.165) is 10.0 Å². The van der Waals surface area contributed by atoms with Crippen LogP contribution in [0.3, 0.4) is 0 Å². The minimum absolute atomic E-state index is 0.104. The molecule has 0 bridgehead atoms. The maximum atomic E-state index is 12.7. The van der Waals surface area contributed by atoms with E-state index in [1.807, 2.05) is 13.0 Å². The smallest absolute Gasteiger partial charge is 0.308 e. The van der Waals surface area contributed by atoms with E-state index >= 15 is 0 Å². The molecule has 0 N–H and O–H groups in total. The van der Waals surface area contributed by atoms with Crippen LogP contribution in [0.4, 0.5) is 0 Å². The van der Waals surface area contributed by atoms with Crippen LogP contribution >= 0.6 is 15.9 Å². The highest BCUT2D eigenvalue weighted by molar-refractivity contribution is 9.10. The van der Waals surface area contributed by atoms with Crippen LogP contribution in [-0.2, 0) is 4.79 Å². The average Bonchev–Trinajstić information content (AvgIpc) is 2.52. The highest BCUT2D eigenvalue weighted by Gasteiger charge is 2.12. The fourth-order valence-electron chi connectivity index (χ4n) is 2.33. The van der Waals surface area contributed by atoms with Crippen molar-refractivity contribution in [2.45, 2.75) is 13.8 Å². The fraction of sp³-hybridized carbons (Fsp3) is 0.111. The summed E-state index contributed by atoms with van der Waals surface area (Å²) in [7, 11) is 0. The van der Waals surface area contributed by atoms with Crippen LogP contribution in [0.1, 0.15) is 12.5 Å². The van der Waals surface area contributed by atoms with Gasteiger partial charge in [0, 0.05) is 6.92 Å². The van der Waals surface area contributed by atoms with Crippen molar-refractivity contribution < 1.29 is 13.9 Å². The summed E-state index contributed by atoms with van der Waals surface area (Å²) in [5.41, 5.74) is 2.59. The van der Waals surface area contributed by atoms with Gasteiger partial charge >= 0.3 is 5.97 Å². The van der Waals surface area contributed by atoms with Crippen molar-refractivity contribution in [1.29, 1.82) is 0 Å². The molecule has 0 fully saturated rings. The number of hydrogen-bond donors (Lipinski definition) is 0. The van der Waals surface area contributed by atoms with Gasteiger partial charge in [0.1, 0.15) is 12.0 Å². The van der Waals surface area contributed by atoms with Crippen LogP contribution < -0.4 is 10.2 Å². The standard InChI is InChI=1S/C18H13BrO4/c1-10-3-8-14-17(21)15(9-22-18(14)16(10)19)12-4-6-13(7-5-12)23-11(2)20/h3-9H,1-2H3. The van der Waals surface area contributed by atoms with E-state index in [0.29, 0.717) is 27.8 Å². The van der Waals surface area contributed by atoms with Gasteiger partial charge in [0.2, 0.25) is 5.43 Å². The zero-order valence-electron chi connectivity index (χ0n) is 12.6. The predicted octanol–water partition coefficient (Wildman–Crippen LogP) is 4.46. The molecule has 0 aliphatic rings. The molecule has 0 aliphatic carbocycles. The molecular weight excluding hydrogens is 360 g/mol. The molecule has 0 radical (unpaired) electrons. The summed E-state index contributed by atoms with van der Waals surface area (Å²) in [4.78, 5) is 23.6. The van der Waals surface area contributed by atoms with Crippen molar-refractivity contribution >= 4 is 32.9 Å². The fourth-order valence-corrected chi connectivity index (χ4v) is 2.77. The molecule has 1 heterocycles. The van der Waals surface area contributed by atoms with Crippen molar-refractivity contribution in [3.63, 3.8) is 0 Å². The highest BCUT2D eigenvalue weighted by Crippen LogP contribution is 2.28. The number of rotatable bonds is 2. The number of ether oxygens (including phenoxy) is 1. The lowest BCUT2D eigenvalue weighted by Gasteiger charge is -2.06. The third kappa shape index (κ3) is 2.92. The Morgan fingerprint density at radius 3 is 2.48 bits per heavy atom. The first-order chi connectivity index (χ1) is 11.0. The van der Waals surface area contributed by atoms with Crippen molar-refractivity contribution in [2.24, 2.45) is 0 Å². The van der Waals surface area contributed by atoms with Crippen LogP contribution in [0.25, 0.3) is 22.1 Å². The molecule has 0 spiro atoms. The first-order valence-corrected chi connectivity index (χ1v) is 7.76. The summed E-state index contributed by atoms with van der Waals surface area (Å²) < 4.78 is 11.4. The van der Waals surface area contributed by atoms with Crippen molar-refractivity contribution in [3.8, 4) is 16.9 Å². The van der Waals surface area contributed by atoms with Crippen LogP contribution in [0.15, 0.2) is 56.3 Å². The van der Waals surface area contributed by atoms with E-state index in [-0.39, 0.29) is 11.4 Å². The number of esters is 1. The average molecular weight is 373 g/mol. The lowest BCUT2D eigenvalue weighted by molar-refractivity contribution is -0.131. The summed E-state index contributed by atoms with van der Waals surface area (Å²) >= 11 is 3.45. The number of aryl methyl sites for hydroxylation is 1. The number of halogens is 1. The second-order valence-corrected chi connectivity index (χ2v) is 5.96. The third-order valence-electron chi connectivity index (χ3n) is 3.50. The Balaban J connectivity index is 2.10. The first-order valence-electron chi connectivity index (χ1n) is 6.97. The Morgan fingerprint density at radius 1 is 1.13 bits per heavy atom. The van der Waals surface area contributed by atoms with Gasteiger partial charge < -0.3 is 9.15 Å². The van der Waals surface area contributed by atoms with Crippen LogP contribution in [0, 0.1) is 6.92 Å². The van der Waals surface area contributed by atoms with E-state index in [1.54, 1.807) is 30.3 Å². The number of carbonyl (C=O) groups excluding carboxylic acids is 1. The predicted molar refractivity (Wildman–Crippen MR) is 91.7 cm³/mol. The Morgan fingerprint density at radius 2 is 1.83 bits per heavy atom. The van der Waals surface area contributed by atoms with Crippen LogP contribution in [0.2, 0.25) is 0 Å². The van der Waals surface area contributed by atoms with Crippen molar-refractivity contribution in [1.82, 2.24) is 0 Å². The van der Waals surface area contributed by atoms with Crippen LogP contribution in [0.5, 0.6) is 5.75 Å². The molecular formula is C18H13BrO4. The number of hydrogen-bond acceptors (Lipinski definition) is 4. The normalized spacial score (nSPS) is 10.7. The quantitative estimate of drug-likeness (QED) is 0.492. The molecule has 0 saturated heterocycles. The zero-order chi connectivity index (χ0) is 16.6. The minimum atomic E-state index is -0.386. The topological polar surface area (TPSA) is 56.5 Å². The molecule has 0 saturated carbocycles. The zero-order valence-corrected chi connectivity index (χ0v) is 14.1. The molecule has 2 aromatic carbocycles. The van der Waals surface area contributed by atoms with Gasteiger partial charge in [-0.1, -0.05) is 18.2 Å². The molecule has 0 atom stereocenters. The Labute approximate surface area is 140 Å². The molecule has 4 nitrogen and oxygen atoms in total. The lowest BCUT2D eigenvalue weighted by atomic mass is 10.0. The van der Waals surface area contributed by atoms with Gasteiger partial charge in [0.05, 0.1) is 15.4 Å². The molecule has 0 aliphatic heterocycles. The van der Waals surface area contributed by atoms with E-state index < -0.39 is 0 Å².